The van der Waals surface area contributed by atoms with Gasteiger partial charge >= 0.3 is 5.11 Å². The summed E-state index contributed by atoms with van der Waals surface area (Å²) >= 11 is 1.71. The lowest BCUT2D eigenvalue weighted by Crippen LogP contribution is -3.00. The molecule has 4 heteroatoms. The molecule has 0 heterocycles. The maximum absolute atomic E-state index is 3.06. The summed E-state index contributed by atoms with van der Waals surface area (Å²) in [5.74, 6) is 0. The number of hydrogen-bond donors (Lipinski definition) is 1. The molecule has 0 unspecified atom stereocenters. The summed E-state index contributed by atoms with van der Waals surface area (Å²) in [6.45, 7) is 0. The highest BCUT2D eigenvalue weighted by Crippen LogP contribution is 1.71. The number of halogens is 1. The van der Waals surface area contributed by atoms with Crippen molar-refractivity contribution in [3.8, 4) is 0 Å². The van der Waals surface area contributed by atoms with Gasteiger partial charge in [0.1, 0.15) is 0 Å². The molecule has 1 N–H and O–H groups in total. The average Bonchev–Trinajstić information content (AvgIpc) is 1.69. The van der Waals surface area contributed by atoms with Crippen molar-refractivity contribution in [1.29, 1.82) is 0 Å². The Hall–Kier alpha value is 0.740. The van der Waals surface area contributed by atoms with Crippen molar-refractivity contribution < 1.29 is 24.0 Å². The average molecular weight is 260 g/mol. The van der Waals surface area contributed by atoms with Crippen LogP contribution >= 0.6 is 0 Å². The molecule has 0 aromatic rings. The summed E-state index contributed by atoms with van der Waals surface area (Å²) in [6.07, 6.45) is 2.05. The van der Waals surface area contributed by atoms with E-state index in [1.165, 1.54) is 5.11 Å². The van der Waals surface area contributed by atoms with Gasteiger partial charge in [0, 0.05) is 0 Å². The van der Waals surface area contributed by atoms with Crippen molar-refractivity contribution in [3.05, 3.63) is 0 Å². The van der Waals surface area contributed by atoms with Crippen molar-refractivity contribution in [1.82, 2.24) is 10.2 Å². The van der Waals surface area contributed by atoms with Gasteiger partial charge in [-0.2, -0.15) is 0 Å². The van der Waals surface area contributed by atoms with Gasteiger partial charge in [0.2, 0.25) is 11.4 Å². The molecule has 0 spiro atoms. The molecule has 0 radical (unpaired) electrons. The minimum absolute atomic E-state index is 0. The van der Waals surface area contributed by atoms with Gasteiger partial charge in [0.15, 0.2) is 6.26 Å². The van der Waals surface area contributed by atoms with E-state index in [0.29, 0.717) is 0 Å². The van der Waals surface area contributed by atoms with E-state index in [1.54, 1.807) is 11.4 Å². The van der Waals surface area contributed by atoms with E-state index >= 15 is 0 Å². The van der Waals surface area contributed by atoms with Gasteiger partial charge in [0.25, 0.3) is 0 Å². The molecule has 0 atom stereocenters. The van der Waals surface area contributed by atoms with E-state index in [1.807, 2.05) is 32.3 Å². The number of rotatable bonds is 0. The molecular weight excluding hydrogens is 247 g/mol. The second-order valence-corrected chi connectivity index (χ2v) is 2.45. The van der Waals surface area contributed by atoms with Gasteiger partial charge in [-0.3, -0.25) is 0 Å². The number of nitrogens with one attached hydrogen (secondary N) is 1. The summed E-state index contributed by atoms with van der Waals surface area (Å²) in [4.78, 5) is 2.05. The second kappa shape index (κ2) is 6.85. The first-order valence-corrected chi connectivity index (χ1v) is 3.71. The maximum atomic E-state index is 3.06. The molecule has 0 aliphatic rings. The van der Waals surface area contributed by atoms with Gasteiger partial charge in [-0.1, -0.05) is 0 Å². The van der Waals surface area contributed by atoms with Gasteiger partial charge in [-0.05, 0) is 21.1 Å². The Morgan fingerprint density at radius 3 is 1.89 bits per heavy atom. The van der Waals surface area contributed by atoms with E-state index in [4.69, 9.17) is 0 Å². The lowest BCUT2D eigenvalue weighted by atomic mass is 10.9. The minimum atomic E-state index is 0. The molecule has 0 saturated heterocycles. The third-order valence-electron chi connectivity index (χ3n) is 0.813. The fourth-order valence-electron chi connectivity index (χ4n) is 0.508. The third-order valence-corrected chi connectivity index (χ3v) is 1.77. The van der Waals surface area contributed by atoms with Crippen LogP contribution in [0.25, 0.3) is 0 Å². The van der Waals surface area contributed by atoms with Crippen molar-refractivity contribution in [2.24, 2.45) is 0 Å². The van der Waals surface area contributed by atoms with Crippen LogP contribution in [0, 0.1) is 0 Å². The van der Waals surface area contributed by atoms with Gasteiger partial charge in [-0.25, -0.2) is 10.2 Å². The molecular formula is C5H13IN2S. The van der Waals surface area contributed by atoms with Crippen molar-refractivity contribution in [3.63, 3.8) is 0 Å². The summed E-state index contributed by atoms with van der Waals surface area (Å²) in [5, 5.41) is 4.24. The third kappa shape index (κ3) is 5.20. The lowest BCUT2D eigenvalue weighted by molar-refractivity contribution is -0.00000183. The molecule has 2 nitrogen and oxygen atoms in total. The van der Waals surface area contributed by atoms with Crippen molar-refractivity contribution >= 4 is 16.5 Å². The fourth-order valence-corrected chi connectivity index (χ4v) is 1.08. The SMILES string of the molecule is CN/C(=[S+]/C)N(C)C.[I-]. The Morgan fingerprint density at radius 2 is 1.89 bits per heavy atom. The minimum Gasteiger partial charge on any atom is -1.00 e. The molecule has 0 rings (SSSR count). The van der Waals surface area contributed by atoms with Crippen LogP contribution in [0.4, 0.5) is 0 Å². The Balaban J connectivity index is 0. The van der Waals surface area contributed by atoms with Crippen LogP contribution < -0.4 is 29.3 Å². The molecule has 0 bridgehead atoms. The van der Waals surface area contributed by atoms with E-state index in [0.717, 1.165) is 0 Å². The second-order valence-electron chi connectivity index (χ2n) is 1.65. The van der Waals surface area contributed by atoms with Crippen LogP contribution in [0.2, 0.25) is 0 Å². The highest BCUT2D eigenvalue weighted by molar-refractivity contribution is 7.77. The van der Waals surface area contributed by atoms with E-state index in [-0.39, 0.29) is 24.0 Å². The van der Waals surface area contributed by atoms with Crippen molar-refractivity contribution in [2.45, 2.75) is 0 Å². The lowest BCUT2D eigenvalue weighted by Gasteiger charge is -2.01. The zero-order chi connectivity index (χ0) is 6.57. The molecule has 0 amide bonds. The van der Waals surface area contributed by atoms with Gasteiger partial charge in [-0.15, -0.1) is 0 Å². The molecule has 0 saturated carbocycles. The van der Waals surface area contributed by atoms with Crippen LogP contribution in [-0.2, 0) is 11.4 Å². The standard InChI is InChI=1S/C5H13N2S.HI/c1-6-5(8-4)7(2)3;/h6H,1-4H3;1H/q+1;/p-1. The van der Waals surface area contributed by atoms with E-state index < -0.39 is 0 Å². The highest BCUT2D eigenvalue weighted by atomic mass is 127. The van der Waals surface area contributed by atoms with Gasteiger partial charge < -0.3 is 24.0 Å². The fraction of sp³-hybridized carbons (Fsp3) is 0.800. The largest absolute Gasteiger partial charge is 1.00 e. The normalized spacial score (nSPS) is 11.4. The number of hydrogen-bond acceptors (Lipinski definition) is 0. The van der Waals surface area contributed by atoms with Crippen LogP contribution in [0.5, 0.6) is 0 Å². The first kappa shape index (κ1) is 12.4. The van der Waals surface area contributed by atoms with Crippen molar-refractivity contribution in [2.75, 3.05) is 27.4 Å². The molecule has 0 aromatic heterocycles. The quantitative estimate of drug-likeness (QED) is 0.277. The molecule has 0 aliphatic carbocycles. The molecule has 56 valence electrons. The molecule has 0 aromatic carbocycles. The Bertz CT molecular complexity index is 93.0. The molecule has 0 aliphatic heterocycles. The van der Waals surface area contributed by atoms with Gasteiger partial charge in [0.05, 0.1) is 0 Å². The first-order chi connectivity index (χ1) is 3.72. The first-order valence-electron chi connectivity index (χ1n) is 2.48. The van der Waals surface area contributed by atoms with Crippen LogP contribution in [0.1, 0.15) is 0 Å². The smallest absolute Gasteiger partial charge is 0.321 e. The summed E-state index contributed by atoms with van der Waals surface area (Å²) in [7, 11) is 5.95. The van der Waals surface area contributed by atoms with Crippen LogP contribution in [0.15, 0.2) is 0 Å². The zero-order valence-corrected chi connectivity index (χ0v) is 9.21. The predicted molar refractivity (Wildman–Crippen MR) is 41.0 cm³/mol. The van der Waals surface area contributed by atoms with Crippen LogP contribution in [0.3, 0.4) is 0 Å². The maximum Gasteiger partial charge on any atom is 0.321 e. The summed E-state index contributed by atoms with van der Waals surface area (Å²) in [6, 6.07) is 0. The highest BCUT2D eigenvalue weighted by Gasteiger charge is 2.05. The topological polar surface area (TPSA) is 15.3 Å². The van der Waals surface area contributed by atoms with E-state index in [9.17, 15) is 0 Å². The van der Waals surface area contributed by atoms with Crippen LogP contribution in [-0.4, -0.2) is 37.4 Å². The Kier molecular flexibility index (Phi) is 9.46. The monoisotopic (exact) mass is 260 g/mol. The number of nitrogens with zero attached hydrogens (tertiary/aromatic N) is 1. The Labute approximate surface area is 78.0 Å². The summed E-state index contributed by atoms with van der Waals surface area (Å²) < 4.78 is 0. The zero-order valence-electron chi connectivity index (χ0n) is 6.23. The molecule has 0 fully saturated rings. The predicted octanol–water partition coefficient (Wildman–Crippen LogP) is -3.43. The van der Waals surface area contributed by atoms with E-state index in [2.05, 4.69) is 5.32 Å². The molecule has 9 heavy (non-hydrogen) atoms. The summed E-state index contributed by atoms with van der Waals surface area (Å²) in [5.41, 5.74) is 0. The Morgan fingerprint density at radius 1 is 1.44 bits per heavy atom.